The number of rotatable bonds is 2. The molecule has 3 aromatic heterocycles. The van der Waals surface area contributed by atoms with Gasteiger partial charge in [0.15, 0.2) is 5.65 Å². The van der Waals surface area contributed by atoms with Crippen LogP contribution in [0.25, 0.3) is 16.8 Å². The molecule has 1 fully saturated rings. The van der Waals surface area contributed by atoms with Gasteiger partial charge >= 0.3 is 0 Å². The molecule has 1 aromatic carbocycles. The third kappa shape index (κ3) is 3.10. The van der Waals surface area contributed by atoms with Gasteiger partial charge in [-0.3, -0.25) is 9.38 Å². The molecule has 0 radical (unpaired) electrons. The largest absolute Gasteiger partial charge is 0.507 e. The summed E-state index contributed by atoms with van der Waals surface area (Å²) in [5, 5.41) is 20.2. The van der Waals surface area contributed by atoms with Crippen molar-refractivity contribution in [2.45, 2.75) is 25.3 Å². The van der Waals surface area contributed by atoms with Crippen LogP contribution in [0, 0.1) is 5.41 Å². The van der Waals surface area contributed by atoms with Crippen molar-refractivity contribution in [2.75, 3.05) is 18.0 Å². The number of fused-ring (bicyclic) bond motifs is 2. The van der Waals surface area contributed by atoms with Crippen LogP contribution >= 0.6 is 23.2 Å². The Morgan fingerprint density at radius 3 is 2.73 bits per heavy atom. The minimum absolute atomic E-state index is 0.000898. The highest BCUT2D eigenvalue weighted by atomic mass is 35.5. The first-order chi connectivity index (χ1) is 16.0. The third-order valence-electron chi connectivity index (χ3n) is 7.28. The van der Waals surface area contributed by atoms with Crippen LogP contribution in [-0.4, -0.2) is 37.8 Å². The predicted octanol–water partition coefficient (Wildman–Crippen LogP) is 4.65. The van der Waals surface area contributed by atoms with E-state index < -0.39 is 0 Å². The maximum absolute atomic E-state index is 11.0. The number of hydrogen-bond donors (Lipinski definition) is 2. The van der Waals surface area contributed by atoms with Crippen molar-refractivity contribution in [1.82, 2.24) is 19.6 Å². The van der Waals surface area contributed by atoms with E-state index in [0.29, 0.717) is 26.8 Å². The molecule has 1 saturated heterocycles. The van der Waals surface area contributed by atoms with E-state index >= 15 is 0 Å². The number of piperidine rings is 1. The highest BCUT2D eigenvalue weighted by Crippen LogP contribution is 2.51. The topological polar surface area (TPSA) is 92.6 Å². The standard InChI is InChI=1S/C24H22Cl2N6O/c25-16-5-1-3-15(21(16)26)20-18(33)11-19(32-13-29-30-23(20)32)31-9-6-24(7-10-31)12-17-14(22(24)27)4-2-8-28-17/h1-5,8,11,13,22,33H,6-7,9-10,12,27H2. The molecule has 33 heavy (non-hydrogen) atoms. The Balaban J connectivity index is 1.34. The molecule has 7 nitrogen and oxygen atoms in total. The van der Waals surface area contributed by atoms with E-state index in [2.05, 4.69) is 26.1 Å². The second-order valence-corrected chi connectivity index (χ2v) is 9.72. The van der Waals surface area contributed by atoms with Crippen molar-refractivity contribution in [2.24, 2.45) is 11.1 Å². The summed E-state index contributed by atoms with van der Waals surface area (Å²) in [6.07, 6.45) is 6.31. The van der Waals surface area contributed by atoms with Crippen LogP contribution in [0.5, 0.6) is 5.75 Å². The number of pyridine rings is 2. The van der Waals surface area contributed by atoms with E-state index in [0.717, 1.165) is 43.9 Å². The molecule has 9 heteroatoms. The zero-order valence-corrected chi connectivity index (χ0v) is 19.3. The van der Waals surface area contributed by atoms with E-state index in [9.17, 15) is 5.11 Å². The molecule has 6 rings (SSSR count). The van der Waals surface area contributed by atoms with Crippen LogP contribution in [0.15, 0.2) is 48.9 Å². The van der Waals surface area contributed by atoms with Crippen LogP contribution in [0.4, 0.5) is 5.82 Å². The molecule has 4 aromatic rings. The van der Waals surface area contributed by atoms with Gasteiger partial charge in [0, 0.05) is 42.7 Å². The average Bonchev–Trinajstić information content (AvgIpc) is 3.40. The van der Waals surface area contributed by atoms with Gasteiger partial charge in [-0.25, -0.2) is 0 Å². The van der Waals surface area contributed by atoms with Crippen LogP contribution in [-0.2, 0) is 6.42 Å². The van der Waals surface area contributed by atoms with Crippen molar-refractivity contribution in [1.29, 1.82) is 0 Å². The van der Waals surface area contributed by atoms with Gasteiger partial charge in [0.1, 0.15) is 17.9 Å². The Morgan fingerprint density at radius 1 is 1.12 bits per heavy atom. The third-order valence-corrected chi connectivity index (χ3v) is 8.10. The lowest BCUT2D eigenvalue weighted by Gasteiger charge is -2.43. The van der Waals surface area contributed by atoms with Crippen molar-refractivity contribution >= 4 is 34.7 Å². The smallest absolute Gasteiger partial charge is 0.173 e. The summed E-state index contributed by atoms with van der Waals surface area (Å²) in [5.41, 5.74) is 10.7. The number of aromatic nitrogens is 4. The molecule has 1 aliphatic carbocycles. The maximum Gasteiger partial charge on any atom is 0.173 e. The van der Waals surface area contributed by atoms with Gasteiger partial charge in [-0.2, -0.15) is 0 Å². The van der Waals surface area contributed by atoms with Gasteiger partial charge in [0.25, 0.3) is 0 Å². The molecule has 0 bridgehead atoms. The zero-order valence-electron chi connectivity index (χ0n) is 17.7. The van der Waals surface area contributed by atoms with Gasteiger partial charge in [-0.1, -0.05) is 41.4 Å². The van der Waals surface area contributed by atoms with Crippen molar-refractivity contribution in [3.05, 3.63) is 70.2 Å². The Bertz CT molecular complexity index is 1380. The Labute approximate surface area is 200 Å². The highest BCUT2D eigenvalue weighted by Gasteiger charge is 2.46. The maximum atomic E-state index is 11.0. The first-order valence-electron chi connectivity index (χ1n) is 10.9. The normalized spacial score (nSPS) is 19.4. The van der Waals surface area contributed by atoms with Gasteiger partial charge in [0.05, 0.1) is 15.6 Å². The summed E-state index contributed by atoms with van der Waals surface area (Å²) >= 11 is 12.7. The van der Waals surface area contributed by atoms with Gasteiger partial charge < -0.3 is 15.7 Å². The Hall–Kier alpha value is -2.87. The lowest BCUT2D eigenvalue weighted by Crippen LogP contribution is -2.44. The first kappa shape index (κ1) is 20.7. The summed E-state index contributed by atoms with van der Waals surface area (Å²) in [5.74, 6) is 0.926. The van der Waals surface area contributed by atoms with E-state index in [-0.39, 0.29) is 17.2 Å². The molecule has 1 unspecified atom stereocenters. The number of aromatic hydroxyl groups is 1. The lowest BCUT2D eigenvalue weighted by atomic mass is 9.73. The number of halogens is 2. The van der Waals surface area contributed by atoms with E-state index in [1.54, 1.807) is 24.5 Å². The van der Waals surface area contributed by atoms with Crippen molar-refractivity contribution in [3.8, 4) is 16.9 Å². The number of nitrogens with zero attached hydrogens (tertiary/aromatic N) is 5. The molecule has 1 spiro atoms. The van der Waals surface area contributed by atoms with Crippen LogP contribution in [0.2, 0.25) is 10.0 Å². The average molecular weight is 481 g/mol. The number of benzene rings is 1. The van der Waals surface area contributed by atoms with Gasteiger partial charge in [-0.05, 0) is 42.4 Å². The van der Waals surface area contributed by atoms with Gasteiger partial charge in [-0.15, -0.1) is 10.2 Å². The van der Waals surface area contributed by atoms with Crippen LogP contribution in [0.1, 0.15) is 30.1 Å². The molecule has 0 amide bonds. The van der Waals surface area contributed by atoms with E-state index in [1.807, 2.05) is 22.7 Å². The molecule has 3 N–H and O–H groups in total. The predicted molar refractivity (Wildman–Crippen MR) is 129 cm³/mol. The van der Waals surface area contributed by atoms with Crippen molar-refractivity contribution < 1.29 is 5.11 Å². The quantitative estimate of drug-likeness (QED) is 0.433. The summed E-state index contributed by atoms with van der Waals surface area (Å²) < 4.78 is 1.90. The fourth-order valence-corrected chi connectivity index (χ4v) is 5.87. The molecule has 1 atom stereocenters. The van der Waals surface area contributed by atoms with Crippen LogP contribution in [0.3, 0.4) is 0 Å². The molecule has 2 aliphatic rings. The van der Waals surface area contributed by atoms with E-state index in [1.165, 1.54) is 5.56 Å². The molecular weight excluding hydrogens is 459 g/mol. The fraction of sp³-hybridized carbons (Fsp3) is 0.292. The molecule has 1 aliphatic heterocycles. The van der Waals surface area contributed by atoms with Gasteiger partial charge in [0.2, 0.25) is 0 Å². The summed E-state index contributed by atoms with van der Waals surface area (Å²) in [4.78, 5) is 6.82. The summed E-state index contributed by atoms with van der Waals surface area (Å²) in [7, 11) is 0. The fourth-order valence-electron chi connectivity index (χ4n) is 5.47. The minimum atomic E-state index is -0.000898. The lowest BCUT2D eigenvalue weighted by molar-refractivity contribution is 0.186. The molecule has 4 heterocycles. The second-order valence-electron chi connectivity index (χ2n) is 8.93. The molecular formula is C24H22Cl2N6O. The van der Waals surface area contributed by atoms with E-state index in [4.69, 9.17) is 28.9 Å². The first-order valence-corrected chi connectivity index (χ1v) is 11.7. The minimum Gasteiger partial charge on any atom is -0.507 e. The second kappa shape index (κ2) is 7.58. The van der Waals surface area contributed by atoms with Crippen LogP contribution < -0.4 is 10.6 Å². The number of nitrogens with two attached hydrogens (primary N) is 1. The molecule has 0 saturated carbocycles. The van der Waals surface area contributed by atoms with Crippen molar-refractivity contribution in [3.63, 3.8) is 0 Å². The number of hydrogen-bond acceptors (Lipinski definition) is 6. The monoisotopic (exact) mass is 480 g/mol. The summed E-state index contributed by atoms with van der Waals surface area (Å²) in [6.45, 7) is 1.62. The SMILES string of the molecule is NC1c2cccnc2CC12CCN(c1cc(O)c(-c3cccc(Cl)c3Cl)c3nncn13)CC2. The summed E-state index contributed by atoms with van der Waals surface area (Å²) in [6, 6.07) is 11.1. The Kier molecular flexibility index (Phi) is 4.76. The zero-order chi connectivity index (χ0) is 22.7. The number of anilines is 1. The molecule has 168 valence electrons. The Morgan fingerprint density at radius 2 is 1.94 bits per heavy atom. The highest BCUT2D eigenvalue weighted by molar-refractivity contribution is 6.43.